The molecule has 260 valence electrons. The zero-order valence-electron chi connectivity index (χ0n) is 31.3. The summed E-state index contributed by atoms with van der Waals surface area (Å²) in [5, 5.41) is 6.45. The molecule has 4 aromatic carbocycles. The van der Waals surface area contributed by atoms with Crippen molar-refractivity contribution in [1.29, 1.82) is 0 Å². The van der Waals surface area contributed by atoms with Crippen LogP contribution in [0.15, 0.2) is 73.1 Å². The standard InChI is InChI=1S/C47H49F2N2/c1-9-12-14-28-17-18-32-37-27(4)38-33(19-21-35(48)41(38)45(32,7)8)47(46(10-2,11-3)50-25-23-30(28)37)34-20-22-36(49)42-40(34)43-39-29(24-26-51(43)47)15-13-16-31(39)44(42,5)6/h13,15-27,50H,9-12,14H2,1-8H3/q+1/b25-23-. The topological polar surface area (TPSA) is 15.9 Å². The van der Waals surface area contributed by atoms with Crippen LogP contribution in [0.2, 0.25) is 0 Å². The van der Waals surface area contributed by atoms with Gasteiger partial charge in [-0.1, -0.05) is 92.1 Å². The normalized spacial score (nSPS) is 22.6. The maximum atomic E-state index is 16.9. The quantitative estimate of drug-likeness (QED) is 0.183. The van der Waals surface area contributed by atoms with Gasteiger partial charge in [-0.15, -0.1) is 0 Å². The molecular weight excluding hydrogens is 631 g/mol. The van der Waals surface area contributed by atoms with Gasteiger partial charge in [-0.3, -0.25) is 0 Å². The van der Waals surface area contributed by atoms with Crippen molar-refractivity contribution < 1.29 is 13.3 Å². The van der Waals surface area contributed by atoms with Crippen molar-refractivity contribution in [2.24, 2.45) is 0 Å². The molecule has 0 saturated carbocycles. The molecule has 2 aliphatic heterocycles. The van der Waals surface area contributed by atoms with Crippen molar-refractivity contribution in [3.05, 3.63) is 140 Å². The minimum atomic E-state index is -0.827. The summed E-state index contributed by atoms with van der Waals surface area (Å²) < 4.78 is 36.0. The van der Waals surface area contributed by atoms with Crippen molar-refractivity contribution in [3.8, 4) is 11.3 Å². The van der Waals surface area contributed by atoms with Gasteiger partial charge in [-0.2, -0.15) is 4.57 Å². The first-order chi connectivity index (χ1) is 24.4. The van der Waals surface area contributed by atoms with Crippen LogP contribution in [-0.4, -0.2) is 5.54 Å². The van der Waals surface area contributed by atoms with Crippen LogP contribution < -0.4 is 9.88 Å². The van der Waals surface area contributed by atoms with Gasteiger partial charge in [0.05, 0.1) is 10.9 Å². The Hall–Kier alpha value is -4.31. The van der Waals surface area contributed by atoms with Gasteiger partial charge in [0.1, 0.15) is 17.2 Å². The smallest absolute Gasteiger partial charge is 0.242 e. The summed E-state index contributed by atoms with van der Waals surface area (Å²) in [5.41, 5.74) is 10.6. The maximum Gasteiger partial charge on any atom is 0.242 e. The number of benzene rings is 4. The highest BCUT2D eigenvalue weighted by Crippen LogP contribution is 2.61. The summed E-state index contributed by atoms with van der Waals surface area (Å²) >= 11 is 0. The molecule has 2 nitrogen and oxygen atoms in total. The Morgan fingerprint density at radius 2 is 1.43 bits per heavy atom. The van der Waals surface area contributed by atoms with Crippen LogP contribution in [0.1, 0.15) is 143 Å². The van der Waals surface area contributed by atoms with E-state index in [0.717, 1.165) is 82.1 Å². The van der Waals surface area contributed by atoms with Crippen LogP contribution >= 0.6 is 0 Å². The monoisotopic (exact) mass is 679 g/mol. The summed E-state index contributed by atoms with van der Waals surface area (Å²) in [5.74, 6) is -0.396. The Balaban J connectivity index is 1.52. The van der Waals surface area contributed by atoms with Crippen LogP contribution in [-0.2, 0) is 22.8 Å². The van der Waals surface area contributed by atoms with Crippen molar-refractivity contribution in [1.82, 2.24) is 5.32 Å². The van der Waals surface area contributed by atoms with Crippen molar-refractivity contribution in [2.75, 3.05) is 0 Å². The Kier molecular flexibility index (Phi) is 6.79. The molecule has 0 fully saturated rings. The number of aryl methyl sites for hydroxylation is 1. The molecule has 0 saturated heterocycles. The third kappa shape index (κ3) is 3.69. The average molecular weight is 680 g/mol. The summed E-state index contributed by atoms with van der Waals surface area (Å²) in [6, 6.07) is 20.9. The molecular formula is C47H49F2N2+. The number of halogens is 2. The second-order valence-corrected chi connectivity index (χ2v) is 16.7. The first kappa shape index (κ1) is 32.6. The Morgan fingerprint density at radius 3 is 2.16 bits per heavy atom. The molecule has 1 aromatic heterocycles. The molecule has 2 unspecified atom stereocenters. The number of unbranched alkanes of at least 4 members (excludes halogenated alkanes) is 1. The highest BCUT2D eigenvalue weighted by Gasteiger charge is 2.68. The van der Waals surface area contributed by atoms with E-state index in [2.05, 4.69) is 132 Å². The highest BCUT2D eigenvalue weighted by atomic mass is 19.1. The SMILES string of the molecule is CCCCc1ccc2c3c1/C=C\NC(CC)(CC)C1(c4ccc(F)c5c4-c4c6c(cccc6cc[n+]41)C5(C)C)c1ccc(F)c(c1C3C)C2(C)C. The van der Waals surface area contributed by atoms with E-state index in [1.807, 2.05) is 0 Å². The van der Waals surface area contributed by atoms with Crippen LogP contribution in [0.5, 0.6) is 0 Å². The van der Waals surface area contributed by atoms with E-state index in [4.69, 9.17) is 0 Å². The van der Waals surface area contributed by atoms with Crippen LogP contribution in [0.4, 0.5) is 8.78 Å². The lowest BCUT2D eigenvalue weighted by Gasteiger charge is -2.49. The Bertz CT molecular complexity index is 2360. The third-order valence-corrected chi connectivity index (χ3v) is 13.9. The van der Waals surface area contributed by atoms with E-state index >= 15 is 8.78 Å². The fraction of sp³-hybridized carbons (Fsp3) is 0.383. The predicted octanol–water partition coefficient (Wildman–Crippen LogP) is 11.1. The molecule has 2 atom stereocenters. The molecule has 0 radical (unpaired) electrons. The number of hydrogen-bond acceptors (Lipinski definition) is 1. The zero-order valence-corrected chi connectivity index (χ0v) is 31.3. The van der Waals surface area contributed by atoms with E-state index in [9.17, 15) is 0 Å². The van der Waals surface area contributed by atoms with Crippen molar-refractivity contribution in [3.63, 3.8) is 0 Å². The predicted molar refractivity (Wildman–Crippen MR) is 204 cm³/mol. The van der Waals surface area contributed by atoms with Crippen LogP contribution in [0, 0.1) is 11.6 Å². The molecule has 0 amide bonds. The number of hydrogen-bond donors (Lipinski definition) is 1. The maximum absolute atomic E-state index is 16.9. The largest absolute Gasteiger partial charge is 0.379 e. The molecule has 1 spiro atoms. The number of aromatic nitrogens is 1. The summed E-state index contributed by atoms with van der Waals surface area (Å²) in [7, 11) is 0. The highest BCUT2D eigenvalue weighted by molar-refractivity contribution is 6.02. The minimum Gasteiger partial charge on any atom is -0.379 e. The first-order valence-electron chi connectivity index (χ1n) is 19.2. The number of nitrogens with one attached hydrogen (secondary N) is 1. The van der Waals surface area contributed by atoms with E-state index in [1.165, 1.54) is 27.6 Å². The second-order valence-electron chi connectivity index (χ2n) is 16.7. The molecule has 4 aliphatic rings. The van der Waals surface area contributed by atoms with E-state index < -0.39 is 21.9 Å². The summed E-state index contributed by atoms with van der Waals surface area (Å²) in [6.07, 6.45) is 11.6. The van der Waals surface area contributed by atoms with Crippen LogP contribution in [0.25, 0.3) is 28.1 Å². The van der Waals surface area contributed by atoms with Gasteiger partial charge in [0, 0.05) is 45.1 Å². The minimum absolute atomic E-state index is 0.0676. The Morgan fingerprint density at radius 1 is 0.745 bits per heavy atom. The van der Waals surface area contributed by atoms with Gasteiger partial charge in [0.25, 0.3) is 0 Å². The molecule has 9 rings (SSSR count). The number of pyridine rings is 1. The van der Waals surface area contributed by atoms with E-state index in [-0.39, 0.29) is 17.6 Å². The van der Waals surface area contributed by atoms with Gasteiger partial charge in [-0.25, -0.2) is 8.78 Å². The van der Waals surface area contributed by atoms with Gasteiger partial charge in [0.15, 0.2) is 6.20 Å². The van der Waals surface area contributed by atoms with Crippen molar-refractivity contribution in [2.45, 2.75) is 115 Å². The average Bonchev–Trinajstić information content (AvgIpc) is 3.41. The van der Waals surface area contributed by atoms with Gasteiger partial charge < -0.3 is 5.32 Å². The molecule has 1 N–H and O–H groups in total. The molecule has 3 heterocycles. The second kappa shape index (κ2) is 10.6. The molecule has 2 bridgehead atoms. The fourth-order valence-corrected chi connectivity index (χ4v) is 11.5. The summed E-state index contributed by atoms with van der Waals surface area (Å²) in [6.45, 7) is 17.9. The van der Waals surface area contributed by atoms with E-state index in [0.29, 0.717) is 0 Å². The van der Waals surface area contributed by atoms with Crippen LogP contribution in [0.3, 0.4) is 0 Å². The lowest BCUT2D eigenvalue weighted by molar-refractivity contribution is -0.737. The number of rotatable bonds is 5. The first-order valence-corrected chi connectivity index (χ1v) is 19.2. The fourth-order valence-electron chi connectivity index (χ4n) is 11.5. The lowest BCUT2D eigenvalue weighted by Crippen LogP contribution is -2.72. The summed E-state index contributed by atoms with van der Waals surface area (Å²) in [4.78, 5) is 0. The molecule has 51 heavy (non-hydrogen) atoms. The van der Waals surface area contributed by atoms with Gasteiger partial charge in [-0.05, 0) is 101 Å². The lowest BCUT2D eigenvalue weighted by atomic mass is 9.57. The molecule has 4 heteroatoms. The van der Waals surface area contributed by atoms with Gasteiger partial charge in [0.2, 0.25) is 11.2 Å². The third-order valence-electron chi connectivity index (χ3n) is 13.9. The molecule has 2 aliphatic carbocycles. The molecule has 5 aromatic rings. The van der Waals surface area contributed by atoms with Gasteiger partial charge >= 0.3 is 0 Å². The number of fused-ring (bicyclic) bond motifs is 3. The van der Waals surface area contributed by atoms with E-state index in [1.54, 1.807) is 12.1 Å². The Labute approximate surface area is 301 Å². The van der Waals surface area contributed by atoms with Crippen molar-refractivity contribution >= 4 is 16.8 Å². The number of nitrogens with zero attached hydrogens (tertiary/aromatic N) is 1. The zero-order chi connectivity index (χ0) is 35.8.